The molecule has 90 valence electrons. The minimum atomic E-state index is 0.273. The fourth-order valence-corrected chi connectivity index (χ4v) is 2.27. The van der Waals surface area contributed by atoms with Gasteiger partial charge in [-0.15, -0.1) is 0 Å². The first-order chi connectivity index (χ1) is 8.20. The Morgan fingerprint density at radius 3 is 3.06 bits per heavy atom. The monoisotopic (exact) mass is 294 g/mol. The van der Waals surface area contributed by atoms with Crippen molar-refractivity contribution >= 4 is 33.1 Å². The molecule has 0 saturated heterocycles. The maximum absolute atomic E-state index is 10.3. The summed E-state index contributed by atoms with van der Waals surface area (Å²) >= 11 is 3.48. The Hall–Kier alpha value is -1.13. The van der Waals surface area contributed by atoms with Crippen LogP contribution >= 0.6 is 15.9 Å². The van der Waals surface area contributed by atoms with Crippen LogP contribution in [0.25, 0.3) is 10.9 Å². The molecule has 0 fully saturated rings. The predicted octanol–water partition coefficient (Wildman–Crippen LogP) is 2.58. The zero-order chi connectivity index (χ0) is 12.3. The van der Waals surface area contributed by atoms with E-state index >= 15 is 0 Å². The summed E-state index contributed by atoms with van der Waals surface area (Å²) in [6, 6.07) is 8.63. The molecule has 1 atom stereocenters. The van der Waals surface area contributed by atoms with Gasteiger partial charge in [-0.25, -0.2) is 0 Å². The highest BCUT2D eigenvalue weighted by atomic mass is 79.9. The number of aldehydes is 1. The van der Waals surface area contributed by atoms with Crippen molar-refractivity contribution in [3.8, 4) is 0 Å². The molecule has 0 saturated carbocycles. The molecule has 1 N–H and O–H groups in total. The SMILES string of the molecule is C[C@@H](Cn1ccc2ccc(Br)cc21)NCC=O. The summed E-state index contributed by atoms with van der Waals surface area (Å²) in [6.07, 6.45) is 2.97. The largest absolute Gasteiger partial charge is 0.346 e. The zero-order valence-electron chi connectivity index (χ0n) is 9.69. The molecule has 0 aliphatic carbocycles. The summed E-state index contributed by atoms with van der Waals surface area (Å²) in [7, 11) is 0. The standard InChI is InChI=1S/C13H15BrN2O/c1-10(15-5-7-17)9-16-6-4-11-2-3-12(14)8-13(11)16/h2-4,6-8,10,15H,5,9H2,1H3/t10-/m0/s1. The van der Waals surface area contributed by atoms with E-state index in [0.29, 0.717) is 6.54 Å². The molecule has 1 aromatic heterocycles. The number of carbonyl (C=O) groups excluding carboxylic acids is 1. The molecular weight excluding hydrogens is 280 g/mol. The van der Waals surface area contributed by atoms with Crippen LogP contribution in [0.5, 0.6) is 0 Å². The first-order valence-electron chi connectivity index (χ1n) is 5.62. The van der Waals surface area contributed by atoms with E-state index in [1.807, 2.05) is 6.07 Å². The van der Waals surface area contributed by atoms with Gasteiger partial charge in [0.2, 0.25) is 0 Å². The number of carbonyl (C=O) groups is 1. The fourth-order valence-electron chi connectivity index (χ4n) is 1.93. The highest BCUT2D eigenvalue weighted by Crippen LogP contribution is 2.21. The molecule has 0 spiro atoms. The molecule has 4 heteroatoms. The minimum absolute atomic E-state index is 0.273. The van der Waals surface area contributed by atoms with Crippen molar-refractivity contribution in [3.05, 3.63) is 34.9 Å². The van der Waals surface area contributed by atoms with E-state index in [1.165, 1.54) is 10.9 Å². The average molecular weight is 295 g/mol. The highest BCUT2D eigenvalue weighted by Gasteiger charge is 2.05. The number of rotatable bonds is 5. The molecular formula is C13H15BrN2O. The topological polar surface area (TPSA) is 34.0 Å². The average Bonchev–Trinajstić information content (AvgIpc) is 2.69. The van der Waals surface area contributed by atoms with Crippen LogP contribution < -0.4 is 5.32 Å². The van der Waals surface area contributed by atoms with Gasteiger partial charge in [0, 0.05) is 28.8 Å². The van der Waals surface area contributed by atoms with E-state index in [-0.39, 0.29) is 6.04 Å². The highest BCUT2D eigenvalue weighted by molar-refractivity contribution is 9.10. The summed E-state index contributed by atoms with van der Waals surface area (Å²) in [5.41, 5.74) is 1.21. The number of aromatic nitrogens is 1. The Kier molecular flexibility index (Phi) is 3.97. The van der Waals surface area contributed by atoms with E-state index in [1.54, 1.807) is 0 Å². The molecule has 0 amide bonds. The number of nitrogens with one attached hydrogen (secondary N) is 1. The molecule has 2 aromatic rings. The van der Waals surface area contributed by atoms with Crippen molar-refractivity contribution in [2.24, 2.45) is 0 Å². The molecule has 0 unspecified atom stereocenters. The molecule has 1 heterocycles. The molecule has 0 aliphatic rings. The van der Waals surface area contributed by atoms with Gasteiger partial charge in [0.1, 0.15) is 6.29 Å². The van der Waals surface area contributed by atoms with E-state index in [0.717, 1.165) is 17.3 Å². The van der Waals surface area contributed by atoms with Gasteiger partial charge < -0.3 is 14.7 Å². The van der Waals surface area contributed by atoms with E-state index in [2.05, 4.69) is 57.1 Å². The second kappa shape index (κ2) is 5.47. The molecule has 0 aliphatic heterocycles. The minimum Gasteiger partial charge on any atom is -0.346 e. The smallest absolute Gasteiger partial charge is 0.133 e. The van der Waals surface area contributed by atoms with Gasteiger partial charge in [-0.05, 0) is 30.5 Å². The maximum Gasteiger partial charge on any atom is 0.133 e. The molecule has 2 rings (SSSR count). The Balaban J connectivity index is 2.18. The van der Waals surface area contributed by atoms with Gasteiger partial charge in [-0.2, -0.15) is 0 Å². The maximum atomic E-state index is 10.3. The van der Waals surface area contributed by atoms with Gasteiger partial charge >= 0.3 is 0 Å². The molecule has 0 radical (unpaired) electrons. The third-order valence-corrected chi connectivity index (χ3v) is 3.25. The van der Waals surface area contributed by atoms with Crippen LogP contribution in [0.2, 0.25) is 0 Å². The van der Waals surface area contributed by atoms with E-state index in [9.17, 15) is 4.79 Å². The lowest BCUT2D eigenvalue weighted by Crippen LogP contribution is -2.31. The second-order valence-corrected chi connectivity index (χ2v) is 5.06. The van der Waals surface area contributed by atoms with Gasteiger partial charge in [0.15, 0.2) is 0 Å². The van der Waals surface area contributed by atoms with Crippen LogP contribution in [0.15, 0.2) is 34.9 Å². The first kappa shape index (κ1) is 12.3. The van der Waals surface area contributed by atoms with Gasteiger partial charge in [-0.3, -0.25) is 0 Å². The third kappa shape index (κ3) is 2.96. The van der Waals surface area contributed by atoms with Gasteiger partial charge in [0.05, 0.1) is 6.54 Å². The van der Waals surface area contributed by atoms with Crippen molar-refractivity contribution in [1.29, 1.82) is 0 Å². The predicted molar refractivity (Wildman–Crippen MR) is 73.2 cm³/mol. The van der Waals surface area contributed by atoms with Crippen LogP contribution in [0.3, 0.4) is 0 Å². The zero-order valence-corrected chi connectivity index (χ0v) is 11.3. The summed E-state index contributed by atoms with van der Waals surface area (Å²) in [6.45, 7) is 3.34. The van der Waals surface area contributed by atoms with Crippen molar-refractivity contribution in [2.75, 3.05) is 6.54 Å². The number of halogens is 1. The molecule has 17 heavy (non-hydrogen) atoms. The Morgan fingerprint density at radius 2 is 2.29 bits per heavy atom. The van der Waals surface area contributed by atoms with Crippen LogP contribution in [0.1, 0.15) is 6.92 Å². The van der Waals surface area contributed by atoms with Crippen LogP contribution in [-0.4, -0.2) is 23.4 Å². The summed E-state index contributed by atoms with van der Waals surface area (Å²) in [5, 5.41) is 4.38. The number of benzene rings is 1. The quantitative estimate of drug-likeness (QED) is 0.860. The number of hydrogen-bond acceptors (Lipinski definition) is 2. The number of hydrogen-bond donors (Lipinski definition) is 1. The number of fused-ring (bicyclic) bond motifs is 1. The van der Waals surface area contributed by atoms with Crippen molar-refractivity contribution < 1.29 is 4.79 Å². The van der Waals surface area contributed by atoms with Crippen molar-refractivity contribution in [2.45, 2.75) is 19.5 Å². The van der Waals surface area contributed by atoms with Crippen molar-refractivity contribution in [1.82, 2.24) is 9.88 Å². The van der Waals surface area contributed by atoms with Crippen LogP contribution in [0.4, 0.5) is 0 Å². The normalized spacial score (nSPS) is 12.8. The molecule has 1 aromatic carbocycles. The lowest BCUT2D eigenvalue weighted by atomic mass is 10.2. The molecule has 0 bridgehead atoms. The number of nitrogens with zero attached hydrogens (tertiary/aromatic N) is 1. The van der Waals surface area contributed by atoms with Gasteiger partial charge in [0.25, 0.3) is 0 Å². The Bertz CT molecular complexity index is 521. The summed E-state index contributed by atoms with van der Waals surface area (Å²) in [5.74, 6) is 0. The Morgan fingerprint density at radius 1 is 1.47 bits per heavy atom. The second-order valence-electron chi connectivity index (χ2n) is 4.15. The van der Waals surface area contributed by atoms with Crippen LogP contribution in [-0.2, 0) is 11.3 Å². The Labute approximate surface area is 109 Å². The van der Waals surface area contributed by atoms with Gasteiger partial charge in [-0.1, -0.05) is 22.0 Å². The van der Waals surface area contributed by atoms with Crippen molar-refractivity contribution in [3.63, 3.8) is 0 Å². The fraction of sp³-hybridized carbons (Fsp3) is 0.308. The lowest BCUT2D eigenvalue weighted by Gasteiger charge is -2.13. The third-order valence-electron chi connectivity index (χ3n) is 2.76. The summed E-state index contributed by atoms with van der Waals surface area (Å²) < 4.78 is 3.28. The molecule has 3 nitrogen and oxygen atoms in total. The van der Waals surface area contributed by atoms with E-state index < -0.39 is 0 Å². The lowest BCUT2D eigenvalue weighted by molar-refractivity contribution is -0.107. The van der Waals surface area contributed by atoms with Crippen LogP contribution in [0, 0.1) is 0 Å². The summed E-state index contributed by atoms with van der Waals surface area (Å²) in [4.78, 5) is 10.3. The van der Waals surface area contributed by atoms with E-state index in [4.69, 9.17) is 0 Å². The first-order valence-corrected chi connectivity index (χ1v) is 6.41.